The summed E-state index contributed by atoms with van der Waals surface area (Å²) in [6, 6.07) is 9.50. The molecule has 0 saturated carbocycles. The summed E-state index contributed by atoms with van der Waals surface area (Å²) in [5.74, 6) is 0.807. The van der Waals surface area contributed by atoms with Crippen molar-refractivity contribution in [1.29, 1.82) is 0 Å². The summed E-state index contributed by atoms with van der Waals surface area (Å²) in [5, 5.41) is 2.80. The Balaban J connectivity index is 2.09. The smallest absolute Gasteiger partial charge is 0.221 e. The van der Waals surface area contributed by atoms with Crippen LogP contribution in [0.4, 0.5) is 0 Å². The van der Waals surface area contributed by atoms with Gasteiger partial charge in [-0.2, -0.15) is 0 Å². The van der Waals surface area contributed by atoms with E-state index in [4.69, 9.17) is 10.5 Å². The SMILES string of the molecule is CCCC(N)CC(=O)NCCOc1ccccc1. The maximum Gasteiger partial charge on any atom is 0.221 e. The number of nitrogens with one attached hydrogen (secondary N) is 1. The van der Waals surface area contributed by atoms with Crippen molar-refractivity contribution in [2.75, 3.05) is 13.2 Å². The molecule has 0 aliphatic heterocycles. The number of amides is 1. The molecular weight excluding hydrogens is 228 g/mol. The summed E-state index contributed by atoms with van der Waals surface area (Å²) >= 11 is 0. The molecule has 0 spiro atoms. The standard InChI is InChI=1S/C14H22N2O2/c1-2-6-12(15)11-14(17)16-9-10-18-13-7-4-3-5-8-13/h3-5,7-8,12H,2,6,9-11,15H2,1H3,(H,16,17). The first kappa shape index (κ1) is 14.5. The van der Waals surface area contributed by atoms with Crippen molar-refractivity contribution in [3.63, 3.8) is 0 Å². The zero-order valence-corrected chi connectivity index (χ0v) is 10.9. The molecule has 0 aromatic heterocycles. The first-order valence-electron chi connectivity index (χ1n) is 6.42. The van der Waals surface area contributed by atoms with Crippen molar-refractivity contribution in [3.8, 4) is 5.75 Å². The molecule has 18 heavy (non-hydrogen) atoms. The average Bonchev–Trinajstić information content (AvgIpc) is 2.36. The Morgan fingerprint density at radius 2 is 2.11 bits per heavy atom. The molecule has 3 N–H and O–H groups in total. The molecule has 100 valence electrons. The highest BCUT2D eigenvalue weighted by molar-refractivity contribution is 5.76. The Hall–Kier alpha value is -1.55. The molecule has 1 atom stereocenters. The largest absolute Gasteiger partial charge is 0.492 e. The highest BCUT2D eigenvalue weighted by Crippen LogP contribution is 2.07. The third kappa shape index (κ3) is 6.25. The third-order valence-corrected chi connectivity index (χ3v) is 2.54. The van der Waals surface area contributed by atoms with E-state index in [0.29, 0.717) is 19.6 Å². The molecule has 0 heterocycles. The van der Waals surface area contributed by atoms with Gasteiger partial charge in [-0.05, 0) is 18.6 Å². The molecule has 1 unspecified atom stereocenters. The van der Waals surface area contributed by atoms with Crippen molar-refractivity contribution >= 4 is 5.91 Å². The molecule has 4 heteroatoms. The minimum Gasteiger partial charge on any atom is -0.492 e. The molecule has 0 aliphatic carbocycles. The Morgan fingerprint density at radius 3 is 2.78 bits per heavy atom. The van der Waals surface area contributed by atoms with Crippen LogP contribution in [0.5, 0.6) is 5.75 Å². The maximum atomic E-state index is 11.5. The lowest BCUT2D eigenvalue weighted by molar-refractivity contribution is -0.121. The van der Waals surface area contributed by atoms with Crippen LogP contribution in [0.15, 0.2) is 30.3 Å². The van der Waals surface area contributed by atoms with Gasteiger partial charge in [0.05, 0.1) is 6.54 Å². The highest BCUT2D eigenvalue weighted by atomic mass is 16.5. The van der Waals surface area contributed by atoms with E-state index in [1.165, 1.54) is 0 Å². The van der Waals surface area contributed by atoms with Gasteiger partial charge < -0.3 is 15.8 Å². The van der Waals surface area contributed by atoms with Gasteiger partial charge in [0.1, 0.15) is 12.4 Å². The number of carbonyl (C=O) groups excluding carboxylic acids is 1. The Kier molecular flexibility index (Phi) is 6.87. The molecule has 0 saturated heterocycles. The second-order valence-corrected chi connectivity index (χ2v) is 4.26. The van der Waals surface area contributed by atoms with Crippen molar-refractivity contribution in [2.24, 2.45) is 5.73 Å². The monoisotopic (exact) mass is 250 g/mol. The van der Waals surface area contributed by atoms with Gasteiger partial charge in [-0.1, -0.05) is 31.5 Å². The Morgan fingerprint density at radius 1 is 1.39 bits per heavy atom. The van der Waals surface area contributed by atoms with Gasteiger partial charge in [-0.3, -0.25) is 4.79 Å². The summed E-state index contributed by atoms with van der Waals surface area (Å²) < 4.78 is 5.46. The van der Waals surface area contributed by atoms with E-state index in [9.17, 15) is 4.79 Å². The zero-order valence-electron chi connectivity index (χ0n) is 10.9. The summed E-state index contributed by atoms with van der Waals surface area (Å²) in [6.45, 7) is 3.04. The third-order valence-electron chi connectivity index (χ3n) is 2.54. The maximum absolute atomic E-state index is 11.5. The number of rotatable bonds is 8. The van der Waals surface area contributed by atoms with Crippen molar-refractivity contribution in [3.05, 3.63) is 30.3 Å². The molecule has 1 aromatic rings. The molecule has 1 rings (SSSR count). The summed E-state index contributed by atoms with van der Waals surface area (Å²) in [4.78, 5) is 11.5. The topological polar surface area (TPSA) is 64.4 Å². The lowest BCUT2D eigenvalue weighted by atomic mass is 10.1. The normalized spacial score (nSPS) is 11.9. The quantitative estimate of drug-likeness (QED) is 0.690. The molecule has 0 fully saturated rings. The van der Waals surface area contributed by atoms with Gasteiger partial charge in [0, 0.05) is 12.5 Å². The number of nitrogens with two attached hydrogens (primary N) is 1. The number of carbonyl (C=O) groups is 1. The molecule has 0 bridgehead atoms. The van der Waals surface area contributed by atoms with E-state index in [1.807, 2.05) is 30.3 Å². The lowest BCUT2D eigenvalue weighted by Crippen LogP contribution is -2.33. The van der Waals surface area contributed by atoms with Gasteiger partial charge in [-0.15, -0.1) is 0 Å². The lowest BCUT2D eigenvalue weighted by Gasteiger charge is -2.11. The van der Waals surface area contributed by atoms with Crippen LogP contribution in [0.3, 0.4) is 0 Å². The molecular formula is C14H22N2O2. The van der Waals surface area contributed by atoms with Crippen LogP contribution in [0.2, 0.25) is 0 Å². The first-order chi connectivity index (χ1) is 8.72. The van der Waals surface area contributed by atoms with Gasteiger partial charge >= 0.3 is 0 Å². The van der Waals surface area contributed by atoms with E-state index >= 15 is 0 Å². The van der Waals surface area contributed by atoms with Gasteiger partial charge in [0.15, 0.2) is 0 Å². The van der Waals surface area contributed by atoms with Crippen molar-refractivity contribution < 1.29 is 9.53 Å². The fourth-order valence-corrected chi connectivity index (χ4v) is 1.66. The van der Waals surface area contributed by atoms with Gasteiger partial charge in [0.25, 0.3) is 0 Å². The molecule has 1 aromatic carbocycles. The predicted molar refractivity (Wildman–Crippen MR) is 72.4 cm³/mol. The van der Waals surface area contributed by atoms with Crippen LogP contribution in [0, 0.1) is 0 Å². The van der Waals surface area contributed by atoms with Crippen LogP contribution in [0.25, 0.3) is 0 Å². The van der Waals surface area contributed by atoms with E-state index in [1.54, 1.807) is 0 Å². The molecule has 0 aliphatic rings. The second kappa shape index (κ2) is 8.53. The fraction of sp³-hybridized carbons (Fsp3) is 0.500. The van der Waals surface area contributed by atoms with E-state index in [2.05, 4.69) is 12.2 Å². The number of hydrogen-bond donors (Lipinski definition) is 2. The minimum atomic E-state index is -0.0370. The fourth-order valence-electron chi connectivity index (χ4n) is 1.66. The number of para-hydroxylation sites is 1. The van der Waals surface area contributed by atoms with Crippen LogP contribution >= 0.6 is 0 Å². The number of hydrogen-bond acceptors (Lipinski definition) is 3. The van der Waals surface area contributed by atoms with E-state index in [0.717, 1.165) is 18.6 Å². The highest BCUT2D eigenvalue weighted by Gasteiger charge is 2.07. The number of ether oxygens (including phenoxy) is 1. The summed E-state index contributed by atoms with van der Waals surface area (Å²) in [6.07, 6.45) is 2.28. The molecule has 4 nitrogen and oxygen atoms in total. The van der Waals surface area contributed by atoms with Gasteiger partial charge in [-0.25, -0.2) is 0 Å². The minimum absolute atomic E-state index is 0.00684. The van der Waals surface area contributed by atoms with E-state index in [-0.39, 0.29) is 11.9 Å². The van der Waals surface area contributed by atoms with Crippen LogP contribution in [-0.4, -0.2) is 25.1 Å². The second-order valence-electron chi connectivity index (χ2n) is 4.26. The predicted octanol–water partition coefficient (Wildman–Crippen LogP) is 1.70. The van der Waals surface area contributed by atoms with E-state index < -0.39 is 0 Å². The molecule has 1 amide bonds. The Bertz CT molecular complexity index is 341. The number of benzene rings is 1. The first-order valence-corrected chi connectivity index (χ1v) is 6.42. The Labute approximate surface area is 109 Å². The van der Waals surface area contributed by atoms with Gasteiger partial charge in [0.2, 0.25) is 5.91 Å². The zero-order chi connectivity index (χ0) is 13.2. The van der Waals surface area contributed by atoms with Crippen LogP contribution in [-0.2, 0) is 4.79 Å². The van der Waals surface area contributed by atoms with Crippen molar-refractivity contribution in [2.45, 2.75) is 32.2 Å². The average molecular weight is 250 g/mol. The summed E-state index contributed by atoms with van der Waals surface area (Å²) in [7, 11) is 0. The van der Waals surface area contributed by atoms with Crippen LogP contribution in [0.1, 0.15) is 26.2 Å². The summed E-state index contributed by atoms with van der Waals surface area (Å²) in [5.41, 5.74) is 5.79. The van der Waals surface area contributed by atoms with Crippen LogP contribution < -0.4 is 15.8 Å². The van der Waals surface area contributed by atoms with Crippen molar-refractivity contribution in [1.82, 2.24) is 5.32 Å². The molecule has 0 radical (unpaired) electrons.